The first kappa shape index (κ1) is 15.7. The van der Waals surface area contributed by atoms with Crippen molar-refractivity contribution in [1.82, 2.24) is 5.32 Å². The predicted octanol–water partition coefficient (Wildman–Crippen LogP) is 2.97. The molecule has 0 aliphatic heterocycles. The molecular formula is C16H14N2O3S. The fraction of sp³-hybridized carbons (Fsp3) is 0.0625. The van der Waals surface area contributed by atoms with Gasteiger partial charge in [-0.25, -0.2) is 4.79 Å². The summed E-state index contributed by atoms with van der Waals surface area (Å²) in [6.07, 6.45) is -0.677. The van der Waals surface area contributed by atoms with Crippen molar-refractivity contribution in [3.05, 3.63) is 65.7 Å². The summed E-state index contributed by atoms with van der Waals surface area (Å²) in [5, 5.41) is 5.21. The Kier molecular flexibility index (Phi) is 5.21. The average Bonchev–Trinajstić information content (AvgIpc) is 2.55. The van der Waals surface area contributed by atoms with Crippen LogP contribution in [0.25, 0.3) is 0 Å². The minimum absolute atomic E-state index is 0.0557. The Labute approximate surface area is 133 Å². The third-order valence-corrected chi connectivity index (χ3v) is 3.06. The average molecular weight is 314 g/mol. The SMILES string of the molecule is COC(=O)NC(=S)Nc1ccccc1C(=O)c1ccccc1. The minimum atomic E-state index is -0.677. The van der Waals surface area contributed by atoms with Crippen molar-refractivity contribution in [2.24, 2.45) is 0 Å². The number of carbonyl (C=O) groups excluding carboxylic acids is 2. The number of ether oxygens (including phenoxy) is 1. The second-order valence-electron chi connectivity index (χ2n) is 4.31. The molecule has 0 aromatic heterocycles. The maximum atomic E-state index is 12.5. The summed E-state index contributed by atoms with van der Waals surface area (Å²) in [7, 11) is 1.24. The highest BCUT2D eigenvalue weighted by Crippen LogP contribution is 2.19. The van der Waals surface area contributed by atoms with Crippen LogP contribution >= 0.6 is 12.2 Å². The molecule has 2 rings (SSSR count). The molecule has 0 radical (unpaired) electrons. The molecule has 0 saturated carbocycles. The maximum absolute atomic E-state index is 12.5. The van der Waals surface area contributed by atoms with Gasteiger partial charge in [0.15, 0.2) is 10.9 Å². The molecule has 0 aliphatic rings. The lowest BCUT2D eigenvalue weighted by atomic mass is 10.0. The first-order valence-electron chi connectivity index (χ1n) is 6.46. The lowest BCUT2D eigenvalue weighted by Gasteiger charge is -2.12. The van der Waals surface area contributed by atoms with E-state index in [-0.39, 0.29) is 10.9 Å². The van der Waals surface area contributed by atoms with Crippen LogP contribution in [0.15, 0.2) is 54.6 Å². The smallest absolute Gasteiger partial charge is 0.413 e. The normalized spacial score (nSPS) is 9.68. The van der Waals surface area contributed by atoms with Gasteiger partial charge in [0.05, 0.1) is 12.8 Å². The van der Waals surface area contributed by atoms with Gasteiger partial charge >= 0.3 is 6.09 Å². The van der Waals surface area contributed by atoms with Crippen LogP contribution < -0.4 is 10.6 Å². The van der Waals surface area contributed by atoms with Crippen LogP contribution in [0.4, 0.5) is 10.5 Å². The van der Waals surface area contributed by atoms with Crippen LogP contribution in [0.5, 0.6) is 0 Å². The first-order chi connectivity index (χ1) is 10.6. The monoisotopic (exact) mass is 314 g/mol. The van der Waals surface area contributed by atoms with Crippen molar-refractivity contribution in [3.8, 4) is 0 Å². The van der Waals surface area contributed by atoms with Crippen LogP contribution in [0.3, 0.4) is 0 Å². The van der Waals surface area contributed by atoms with Crippen LogP contribution in [0, 0.1) is 0 Å². The second kappa shape index (κ2) is 7.33. The van der Waals surface area contributed by atoms with Crippen LogP contribution in [0.1, 0.15) is 15.9 Å². The minimum Gasteiger partial charge on any atom is -0.453 e. The fourth-order valence-electron chi connectivity index (χ4n) is 1.83. The molecular weight excluding hydrogens is 300 g/mol. The molecule has 2 aromatic carbocycles. The summed E-state index contributed by atoms with van der Waals surface area (Å²) >= 11 is 5.01. The van der Waals surface area contributed by atoms with E-state index in [0.717, 1.165) is 0 Å². The number of hydrogen-bond acceptors (Lipinski definition) is 4. The van der Waals surface area contributed by atoms with Crippen molar-refractivity contribution >= 4 is 34.9 Å². The molecule has 0 unspecified atom stereocenters. The van der Waals surface area contributed by atoms with Crippen molar-refractivity contribution in [2.75, 3.05) is 12.4 Å². The standard InChI is InChI=1S/C16H14N2O3S/c1-21-16(20)18-15(22)17-13-10-6-5-9-12(13)14(19)11-7-3-2-4-8-11/h2-10H,1H3,(H2,17,18,20,22). The second-order valence-corrected chi connectivity index (χ2v) is 4.72. The number of hydrogen-bond donors (Lipinski definition) is 2. The van der Waals surface area contributed by atoms with Gasteiger partial charge in [0.25, 0.3) is 0 Å². The van der Waals surface area contributed by atoms with Crippen LogP contribution in [-0.4, -0.2) is 24.1 Å². The van der Waals surface area contributed by atoms with Gasteiger partial charge in [-0.2, -0.15) is 0 Å². The summed E-state index contributed by atoms with van der Waals surface area (Å²) in [4.78, 5) is 23.7. The van der Waals surface area contributed by atoms with E-state index in [2.05, 4.69) is 15.4 Å². The zero-order valence-corrected chi connectivity index (χ0v) is 12.6. The lowest BCUT2D eigenvalue weighted by Crippen LogP contribution is -2.34. The number of methoxy groups -OCH3 is 1. The van der Waals surface area contributed by atoms with Gasteiger partial charge in [-0.15, -0.1) is 0 Å². The number of ketones is 1. The zero-order chi connectivity index (χ0) is 15.9. The number of rotatable bonds is 3. The molecule has 112 valence electrons. The number of carbonyl (C=O) groups is 2. The highest BCUT2D eigenvalue weighted by molar-refractivity contribution is 7.80. The van der Waals surface area contributed by atoms with E-state index in [1.807, 2.05) is 6.07 Å². The summed E-state index contributed by atoms with van der Waals surface area (Å²) in [6, 6.07) is 15.9. The fourth-order valence-corrected chi connectivity index (χ4v) is 2.03. The Balaban J connectivity index is 2.22. The van der Waals surface area contributed by atoms with E-state index in [4.69, 9.17) is 12.2 Å². The van der Waals surface area contributed by atoms with Gasteiger partial charge in [0.2, 0.25) is 0 Å². The Morgan fingerprint density at radius 1 is 1.00 bits per heavy atom. The molecule has 22 heavy (non-hydrogen) atoms. The van der Waals surface area contributed by atoms with E-state index in [1.54, 1.807) is 48.5 Å². The third kappa shape index (κ3) is 3.89. The van der Waals surface area contributed by atoms with Gasteiger partial charge in [-0.1, -0.05) is 42.5 Å². The van der Waals surface area contributed by atoms with Gasteiger partial charge in [-0.3, -0.25) is 10.1 Å². The van der Waals surface area contributed by atoms with Crippen molar-refractivity contribution in [3.63, 3.8) is 0 Å². The number of amides is 1. The van der Waals surface area contributed by atoms with Gasteiger partial charge in [0, 0.05) is 11.1 Å². The Morgan fingerprint density at radius 2 is 1.64 bits per heavy atom. The molecule has 6 heteroatoms. The number of nitrogens with one attached hydrogen (secondary N) is 2. The molecule has 2 N–H and O–H groups in total. The van der Waals surface area contributed by atoms with Gasteiger partial charge in [-0.05, 0) is 24.4 Å². The maximum Gasteiger partial charge on any atom is 0.413 e. The van der Waals surface area contributed by atoms with Crippen LogP contribution in [0.2, 0.25) is 0 Å². The Bertz CT molecular complexity index is 702. The van der Waals surface area contributed by atoms with E-state index < -0.39 is 6.09 Å². The van der Waals surface area contributed by atoms with E-state index in [1.165, 1.54) is 7.11 Å². The summed E-state index contributed by atoms with van der Waals surface area (Å²) < 4.78 is 4.46. The van der Waals surface area contributed by atoms with Crippen molar-refractivity contribution in [2.45, 2.75) is 0 Å². The zero-order valence-electron chi connectivity index (χ0n) is 11.8. The van der Waals surface area contributed by atoms with Crippen LogP contribution in [-0.2, 0) is 4.74 Å². The van der Waals surface area contributed by atoms with Gasteiger partial charge in [0.1, 0.15) is 0 Å². The van der Waals surface area contributed by atoms with E-state index in [0.29, 0.717) is 16.8 Å². The molecule has 1 amide bonds. The number of para-hydroxylation sites is 1. The molecule has 0 spiro atoms. The quantitative estimate of drug-likeness (QED) is 0.673. The topological polar surface area (TPSA) is 67.4 Å². The van der Waals surface area contributed by atoms with E-state index in [9.17, 15) is 9.59 Å². The third-order valence-electron chi connectivity index (χ3n) is 2.86. The van der Waals surface area contributed by atoms with E-state index >= 15 is 0 Å². The number of benzene rings is 2. The molecule has 0 heterocycles. The number of anilines is 1. The molecule has 0 fully saturated rings. The molecule has 0 saturated heterocycles. The van der Waals surface area contributed by atoms with Crippen molar-refractivity contribution < 1.29 is 14.3 Å². The molecule has 0 aliphatic carbocycles. The molecule has 0 atom stereocenters. The predicted molar refractivity (Wildman–Crippen MR) is 88.1 cm³/mol. The highest BCUT2D eigenvalue weighted by Gasteiger charge is 2.14. The largest absolute Gasteiger partial charge is 0.453 e. The molecule has 0 bridgehead atoms. The Hall–Kier alpha value is -2.73. The molecule has 2 aromatic rings. The summed E-state index contributed by atoms with van der Waals surface area (Å²) in [5.74, 6) is -0.135. The summed E-state index contributed by atoms with van der Waals surface area (Å²) in [5.41, 5.74) is 1.55. The summed E-state index contributed by atoms with van der Waals surface area (Å²) in [6.45, 7) is 0. The molecule has 5 nitrogen and oxygen atoms in total. The number of alkyl carbamates (subject to hydrolysis) is 1. The highest BCUT2D eigenvalue weighted by atomic mass is 32.1. The van der Waals surface area contributed by atoms with Gasteiger partial charge < -0.3 is 10.1 Å². The Morgan fingerprint density at radius 3 is 2.32 bits per heavy atom. The number of thiocarbonyl (C=S) groups is 1. The first-order valence-corrected chi connectivity index (χ1v) is 6.87. The lowest BCUT2D eigenvalue weighted by molar-refractivity contribution is 0.103. The van der Waals surface area contributed by atoms with Crippen molar-refractivity contribution in [1.29, 1.82) is 0 Å².